The number of nitrogens with zero attached hydrogens (tertiary/aromatic N) is 3. The van der Waals surface area contributed by atoms with Crippen molar-refractivity contribution in [2.45, 2.75) is 13.5 Å². The molecule has 0 aliphatic rings. The molecule has 0 heterocycles. The average Bonchev–Trinajstić information content (AvgIpc) is 2.46. The van der Waals surface area contributed by atoms with E-state index in [4.69, 9.17) is 10.3 Å². The van der Waals surface area contributed by atoms with Gasteiger partial charge in [-0.3, -0.25) is 4.79 Å². The van der Waals surface area contributed by atoms with E-state index in [2.05, 4.69) is 4.79 Å². The van der Waals surface area contributed by atoms with Crippen LogP contribution in [-0.2, 0) is 20.9 Å². The second-order valence-corrected chi connectivity index (χ2v) is 4.17. The van der Waals surface area contributed by atoms with Gasteiger partial charge in [0.25, 0.3) is 5.78 Å². The van der Waals surface area contributed by atoms with Crippen LogP contribution in [0.5, 0.6) is 0 Å². The summed E-state index contributed by atoms with van der Waals surface area (Å²) in [6.45, 7) is 2.45. The zero-order valence-corrected chi connectivity index (χ0v) is 11.8. The molecule has 0 N–H and O–H groups in total. The normalized spacial score (nSPS) is 9.95. The number of ketones is 1. The van der Waals surface area contributed by atoms with Gasteiger partial charge in [0.1, 0.15) is 0 Å². The Balaban J connectivity index is 2.76. The van der Waals surface area contributed by atoms with Crippen LogP contribution in [0.1, 0.15) is 12.5 Å². The van der Waals surface area contributed by atoms with Gasteiger partial charge < -0.3 is 15.2 Å². The summed E-state index contributed by atoms with van der Waals surface area (Å²) >= 11 is 0. The molecule has 0 unspecified atom stereocenters. The number of rotatable bonds is 8. The molecule has 0 spiro atoms. The van der Waals surface area contributed by atoms with E-state index in [1.165, 1.54) is 12.3 Å². The number of hydrogen-bond acceptors (Lipinski definition) is 4. The first-order valence-electron chi connectivity index (χ1n) is 6.49. The minimum absolute atomic E-state index is 0.00510. The standard InChI is InChI=1S/C15H17N3O3/c1-2-21-15(20)8-9-18(12-14(19)10-17-16)11-13-6-4-3-5-7-13/h3-10H,2,11-12H2,1H3/b9-8+. The van der Waals surface area contributed by atoms with Gasteiger partial charge in [-0.05, 0) is 12.5 Å². The van der Waals surface area contributed by atoms with E-state index < -0.39 is 5.97 Å². The lowest BCUT2D eigenvalue weighted by atomic mass is 10.2. The fourth-order valence-electron chi connectivity index (χ4n) is 1.64. The van der Waals surface area contributed by atoms with Gasteiger partial charge in [-0.25, -0.2) is 4.79 Å². The minimum atomic E-state index is -0.473. The molecule has 0 aromatic heterocycles. The summed E-state index contributed by atoms with van der Waals surface area (Å²) in [5.41, 5.74) is 9.35. The van der Waals surface area contributed by atoms with E-state index in [1.807, 2.05) is 30.3 Å². The van der Waals surface area contributed by atoms with Crippen LogP contribution in [0.25, 0.3) is 5.53 Å². The minimum Gasteiger partial charge on any atom is -0.463 e. The molecule has 1 aromatic rings. The first kappa shape index (κ1) is 16.3. The Morgan fingerprint density at radius 2 is 2.05 bits per heavy atom. The van der Waals surface area contributed by atoms with Crippen molar-refractivity contribution in [3.8, 4) is 0 Å². The van der Waals surface area contributed by atoms with Gasteiger partial charge in [0.05, 0.1) is 13.2 Å². The summed E-state index contributed by atoms with van der Waals surface area (Å²) in [5, 5.41) is 0. The maximum Gasteiger partial charge on any atom is 0.332 e. The van der Waals surface area contributed by atoms with Gasteiger partial charge in [-0.2, -0.15) is 4.79 Å². The molecular weight excluding hydrogens is 270 g/mol. The van der Waals surface area contributed by atoms with E-state index >= 15 is 0 Å². The highest BCUT2D eigenvalue weighted by molar-refractivity contribution is 6.26. The molecule has 6 heteroatoms. The summed E-state index contributed by atoms with van der Waals surface area (Å²) in [6, 6.07) is 9.50. The van der Waals surface area contributed by atoms with Crippen molar-refractivity contribution in [1.29, 1.82) is 0 Å². The predicted octanol–water partition coefficient (Wildman–Crippen LogP) is 1.44. The highest BCUT2D eigenvalue weighted by atomic mass is 16.5. The lowest BCUT2D eigenvalue weighted by molar-refractivity contribution is -0.137. The van der Waals surface area contributed by atoms with Crippen LogP contribution in [0.2, 0.25) is 0 Å². The van der Waals surface area contributed by atoms with Crippen LogP contribution in [-0.4, -0.2) is 40.8 Å². The van der Waals surface area contributed by atoms with Crippen molar-refractivity contribution in [3.63, 3.8) is 0 Å². The number of hydrogen-bond donors (Lipinski definition) is 0. The van der Waals surface area contributed by atoms with Gasteiger partial charge in [0.2, 0.25) is 0 Å². The number of benzene rings is 1. The molecule has 0 radical (unpaired) electrons. The van der Waals surface area contributed by atoms with Gasteiger partial charge in [-0.15, -0.1) is 0 Å². The Morgan fingerprint density at radius 1 is 1.33 bits per heavy atom. The van der Waals surface area contributed by atoms with Crippen LogP contribution >= 0.6 is 0 Å². The van der Waals surface area contributed by atoms with Crippen LogP contribution in [0.3, 0.4) is 0 Å². The van der Waals surface area contributed by atoms with Crippen molar-refractivity contribution < 1.29 is 19.1 Å². The Kier molecular flexibility index (Phi) is 7.18. The molecule has 0 aliphatic carbocycles. The largest absolute Gasteiger partial charge is 0.463 e. The van der Waals surface area contributed by atoms with Gasteiger partial charge in [0.15, 0.2) is 0 Å². The molecule has 0 saturated heterocycles. The molecule has 21 heavy (non-hydrogen) atoms. The average molecular weight is 287 g/mol. The van der Waals surface area contributed by atoms with Crippen LogP contribution in [0.15, 0.2) is 42.6 Å². The van der Waals surface area contributed by atoms with Crippen molar-refractivity contribution >= 4 is 18.0 Å². The maximum absolute atomic E-state index is 11.5. The molecular formula is C15H17N3O3. The molecule has 0 fully saturated rings. The highest BCUT2D eigenvalue weighted by Crippen LogP contribution is 2.05. The van der Waals surface area contributed by atoms with Crippen molar-refractivity contribution in [2.75, 3.05) is 13.2 Å². The summed E-state index contributed by atoms with van der Waals surface area (Å²) in [7, 11) is 0. The van der Waals surface area contributed by atoms with Gasteiger partial charge in [-0.1, -0.05) is 30.3 Å². The Hall–Kier alpha value is -2.72. The number of carbonyl (C=O) groups is 2. The lowest BCUT2D eigenvalue weighted by Gasteiger charge is -2.18. The Labute approximate surface area is 123 Å². The van der Waals surface area contributed by atoms with Gasteiger partial charge >= 0.3 is 12.2 Å². The summed E-state index contributed by atoms with van der Waals surface area (Å²) in [5.74, 6) is -0.847. The number of Topliss-reactive ketones (excluding diaryl/α,β-unsaturated/α-hetero) is 1. The second-order valence-electron chi connectivity index (χ2n) is 4.17. The number of carbonyl (C=O) groups excluding carboxylic acids is 2. The molecule has 0 atom stereocenters. The van der Waals surface area contributed by atoms with Crippen molar-refractivity contribution in [3.05, 3.63) is 53.7 Å². The SMILES string of the molecule is CCOC(=O)/C=C/N(CC(=O)C=[N+]=[N-])Cc1ccccc1. The molecule has 0 bridgehead atoms. The second kappa shape index (κ2) is 9.23. The van der Waals surface area contributed by atoms with E-state index in [0.717, 1.165) is 11.8 Å². The van der Waals surface area contributed by atoms with E-state index in [9.17, 15) is 9.59 Å². The summed E-state index contributed by atoms with van der Waals surface area (Å²) in [4.78, 5) is 27.2. The molecule has 1 aromatic carbocycles. The van der Waals surface area contributed by atoms with Crippen LogP contribution in [0, 0.1) is 0 Å². The quantitative estimate of drug-likeness (QED) is 0.238. The zero-order chi connectivity index (χ0) is 15.5. The Bertz CT molecular complexity index is 549. The van der Waals surface area contributed by atoms with E-state index in [-0.39, 0.29) is 18.9 Å². The molecule has 0 amide bonds. The third-order valence-electron chi connectivity index (χ3n) is 2.50. The lowest BCUT2D eigenvalue weighted by Crippen LogP contribution is -2.26. The van der Waals surface area contributed by atoms with Crippen molar-refractivity contribution in [2.24, 2.45) is 0 Å². The van der Waals surface area contributed by atoms with Gasteiger partial charge in [0, 0.05) is 18.8 Å². The molecule has 6 nitrogen and oxygen atoms in total. The topological polar surface area (TPSA) is 83.0 Å². The fraction of sp³-hybridized carbons (Fsp3) is 0.267. The fourth-order valence-corrected chi connectivity index (χ4v) is 1.64. The first-order chi connectivity index (χ1) is 10.2. The predicted molar refractivity (Wildman–Crippen MR) is 77.3 cm³/mol. The van der Waals surface area contributed by atoms with E-state index in [0.29, 0.717) is 6.54 Å². The Morgan fingerprint density at radius 3 is 2.67 bits per heavy atom. The maximum atomic E-state index is 11.5. The van der Waals surface area contributed by atoms with E-state index in [1.54, 1.807) is 11.8 Å². The third-order valence-corrected chi connectivity index (χ3v) is 2.50. The van der Waals surface area contributed by atoms with Crippen molar-refractivity contribution in [1.82, 2.24) is 4.90 Å². The smallest absolute Gasteiger partial charge is 0.332 e. The zero-order valence-electron chi connectivity index (χ0n) is 11.8. The molecule has 0 aliphatic heterocycles. The monoisotopic (exact) mass is 287 g/mol. The molecule has 0 saturated carbocycles. The first-order valence-corrected chi connectivity index (χ1v) is 6.49. The number of ether oxygens (including phenoxy) is 1. The highest BCUT2D eigenvalue weighted by Gasteiger charge is 2.09. The van der Waals surface area contributed by atoms with Crippen LogP contribution < -0.4 is 0 Å². The summed E-state index contributed by atoms with van der Waals surface area (Å²) in [6.07, 6.45) is 3.58. The molecule has 110 valence electrons. The third kappa shape index (κ3) is 6.84. The summed E-state index contributed by atoms with van der Waals surface area (Å²) < 4.78 is 4.79. The molecule has 1 rings (SSSR count). The van der Waals surface area contributed by atoms with Crippen LogP contribution in [0.4, 0.5) is 0 Å². The number of esters is 1.